The lowest BCUT2D eigenvalue weighted by atomic mass is 9.95. The quantitative estimate of drug-likeness (QED) is 0.172. The maximum absolute atomic E-state index is 14.7. The topological polar surface area (TPSA) is 70.2 Å². The lowest BCUT2D eigenvalue weighted by Gasteiger charge is -2.25. The van der Waals surface area contributed by atoms with E-state index < -0.39 is 5.97 Å². The molecule has 0 aliphatic heterocycles. The van der Waals surface area contributed by atoms with Crippen LogP contribution in [-0.4, -0.2) is 27.3 Å². The zero-order valence-electron chi connectivity index (χ0n) is 19.3. The Bertz CT molecular complexity index is 1360. The summed E-state index contributed by atoms with van der Waals surface area (Å²) in [4.78, 5) is 12.7. The van der Waals surface area contributed by atoms with Crippen LogP contribution in [0, 0.1) is 5.82 Å². The number of aromatic nitrogens is 3. The first-order chi connectivity index (χ1) is 17.1. The van der Waals surface area contributed by atoms with Crippen molar-refractivity contribution in [1.29, 1.82) is 0 Å². The standard InChI is InChI=1S/C26H25BrFN3O3S/c1-2-33-25(32)23-20(19-14-16(27)12-13-22(19)34-23)15-35-26-30-29-24(18-10-6-7-11-21(18)28)31(26)17-8-4-3-5-9-17/h6-7,10-14,17H,2-5,8-9,15H2,1H3. The van der Waals surface area contributed by atoms with E-state index in [1.165, 1.54) is 24.2 Å². The number of nitrogens with zero attached hydrogens (tertiary/aromatic N) is 3. The van der Waals surface area contributed by atoms with Crippen LogP contribution in [0.25, 0.3) is 22.4 Å². The minimum Gasteiger partial charge on any atom is -0.460 e. The molecule has 0 amide bonds. The fourth-order valence-corrected chi connectivity index (χ4v) is 6.03. The summed E-state index contributed by atoms with van der Waals surface area (Å²) < 4.78 is 28.8. The van der Waals surface area contributed by atoms with Crippen molar-refractivity contribution in [2.75, 3.05) is 6.61 Å². The molecule has 1 aliphatic carbocycles. The maximum atomic E-state index is 14.7. The number of thioether (sulfide) groups is 1. The van der Waals surface area contributed by atoms with Crippen molar-refractivity contribution < 1.29 is 18.3 Å². The van der Waals surface area contributed by atoms with Gasteiger partial charge < -0.3 is 9.15 Å². The molecule has 2 heterocycles. The molecule has 4 aromatic rings. The number of carbonyl (C=O) groups is 1. The zero-order valence-corrected chi connectivity index (χ0v) is 21.7. The predicted octanol–water partition coefficient (Wildman–Crippen LogP) is 7.57. The first-order valence-electron chi connectivity index (χ1n) is 11.8. The summed E-state index contributed by atoms with van der Waals surface area (Å²) in [6.45, 7) is 2.02. The van der Waals surface area contributed by atoms with Crippen molar-refractivity contribution >= 4 is 44.6 Å². The van der Waals surface area contributed by atoms with Crippen LogP contribution in [0.3, 0.4) is 0 Å². The molecule has 6 nitrogen and oxygen atoms in total. The van der Waals surface area contributed by atoms with E-state index in [2.05, 4.69) is 30.7 Å². The molecule has 2 aromatic carbocycles. The summed E-state index contributed by atoms with van der Waals surface area (Å²) in [5, 5.41) is 10.4. The minimum atomic E-state index is -0.490. The average molecular weight is 558 g/mol. The lowest BCUT2D eigenvalue weighted by Crippen LogP contribution is -2.15. The number of rotatable bonds is 7. The molecule has 1 saturated carbocycles. The van der Waals surface area contributed by atoms with Crippen LogP contribution in [0.1, 0.15) is 61.2 Å². The number of carbonyl (C=O) groups excluding carboxylic acids is 1. The summed E-state index contributed by atoms with van der Waals surface area (Å²) in [6.07, 6.45) is 5.45. The Morgan fingerprint density at radius 1 is 1.20 bits per heavy atom. The first-order valence-corrected chi connectivity index (χ1v) is 13.5. The fraction of sp³-hybridized carbons (Fsp3) is 0.346. The van der Waals surface area contributed by atoms with Gasteiger partial charge in [-0.2, -0.15) is 0 Å². The molecule has 5 rings (SSSR count). The molecular formula is C26H25BrFN3O3S. The number of halogens is 2. The van der Waals surface area contributed by atoms with Crippen molar-refractivity contribution in [3.05, 3.63) is 64.1 Å². The number of hydrogen-bond acceptors (Lipinski definition) is 6. The summed E-state index contributed by atoms with van der Waals surface area (Å²) in [5.74, 6) is 0.369. The molecule has 0 spiro atoms. The van der Waals surface area contributed by atoms with Gasteiger partial charge in [-0.15, -0.1) is 10.2 Å². The number of esters is 1. The molecule has 2 aromatic heterocycles. The van der Waals surface area contributed by atoms with E-state index in [4.69, 9.17) is 9.15 Å². The SMILES string of the molecule is CCOC(=O)c1oc2ccc(Br)cc2c1CSc1nnc(-c2ccccc2F)n1C1CCCCC1. The summed E-state index contributed by atoms with van der Waals surface area (Å²) in [6, 6.07) is 12.5. The molecule has 1 fully saturated rings. The van der Waals surface area contributed by atoms with Crippen LogP contribution in [-0.2, 0) is 10.5 Å². The Hall–Kier alpha value is -2.65. The van der Waals surface area contributed by atoms with Gasteiger partial charge in [0.1, 0.15) is 11.4 Å². The van der Waals surface area contributed by atoms with Crippen LogP contribution < -0.4 is 0 Å². The number of fused-ring (bicyclic) bond motifs is 1. The van der Waals surface area contributed by atoms with Crippen LogP contribution in [0.5, 0.6) is 0 Å². The molecule has 9 heteroatoms. The number of ether oxygens (including phenoxy) is 1. The molecule has 0 unspecified atom stereocenters. The zero-order chi connectivity index (χ0) is 24.4. The van der Waals surface area contributed by atoms with E-state index >= 15 is 0 Å². The number of benzene rings is 2. The molecule has 1 aliphatic rings. The highest BCUT2D eigenvalue weighted by atomic mass is 79.9. The first kappa shape index (κ1) is 24.1. The van der Waals surface area contributed by atoms with Gasteiger partial charge >= 0.3 is 5.97 Å². The van der Waals surface area contributed by atoms with Crippen molar-refractivity contribution in [1.82, 2.24) is 14.8 Å². The van der Waals surface area contributed by atoms with Crippen LogP contribution in [0.2, 0.25) is 0 Å². The normalized spacial score (nSPS) is 14.5. The van der Waals surface area contributed by atoms with Crippen molar-refractivity contribution in [3.63, 3.8) is 0 Å². The Labute approximate surface area is 215 Å². The van der Waals surface area contributed by atoms with Crippen molar-refractivity contribution in [2.24, 2.45) is 0 Å². The smallest absolute Gasteiger partial charge is 0.374 e. The third kappa shape index (κ3) is 4.89. The molecule has 0 bridgehead atoms. The molecular weight excluding hydrogens is 533 g/mol. The van der Waals surface area contributed by atoms with Crippen LogP contribution in [0.15, 0.2) is 56.5 Å². The second-order valence-corrected chi connectivity index (χ2v) is 10.4. The van der Waals surface area contributed by atoms with E-state index in [0.29, 0.717) is 27.9 Å². The molecule has 0 saturated heterocycles. The summed E-state index contributed by atoms with van der Waals surface area (Å²) in [5.41, 5.74) is 1.81. The average Bonchev–Trinajstić information content (AvgIpc) is 3.45. The van der Waals surface area contributed by atoms with Gasteiger partial charge in [-0.1, -0.05) is 59.1 Å². The van der Waals surface area contributed by atoms with E-state index in [1.54, 1.807) is 19.1 Å². The van der Waals surface area contributed by atoms with Crippen LogP contribution >= 0.6 is 27.7 Å². The summed E-state index contributed by atoms with van der Waals surface area (Å²) >= 11 is 4.99. The Kier molecular flexibility index (Phi) is 7.24. The highest BCUT2D eigenvalue weighted by molar-refractivity contribution is 9.10. The molecule has 0 atom stereocenters. The van der Waals surface area contributed by atoms with Gasteiger partial charge in [0, 0.05) is 27.2 Å². The fourth-order valence-electron chi connectivity index (χ4n) is 4.63. The van der Waals surface area contributed by atoms with E-state index in [-0.39, 0.29) is 24.2 Å². The third-order valence-electron chi connectivity index (χ3n) is 6.28. The van der Waals surface area contributed by atoms with E-state index in [0.717, 1.165) is 41.1 Å². The Morgan fingerprint density at radius 2 is 2.00 bits per heavy atom. The highest BCUT2D eigenvalue weighted by Crippen LogP contribution is 2.39. The number of furan rings is 1. The molecule has 35 heavy (non-hydrogen) atoms. The van der Waals surface area contributed by atoms with Crippen LogP contribution in [0.4, 0.5) is 4.39 Å². The van der Waals surface area contributed by atoms with Gasteiger partial charge in [0.2, 0.25) is 5.76 Å². The predicted molar refractivity (Wildman–Crippen MR) is 137 cm³/mol. The van der Waals surface area contributed by atoms with E-state index in [9.17, 15) is 9.18 Å². The third-order valence-corrected chi connectivity index (χ3v) is 7.74. The minimum absolute atomic E-state index is 0.200. The molecule has 0 radical (unpaired) electrons. The molecule has 182 valence electrons. The Balaban J connectivity index is 1.54. The maximum Gasteiger partial charge on any atom is 0.374 e. The summed E-state index contributed by atoms with van der Waals surface area (Å²) in [7, 11) is 0. The monoisotopic (exact) mass is 557 g/mol. The highest BCUT2D eigenvalue weighted by Gasteiger charge is 2.27. The largest absolute Gasteiger partial charge is 0.460 e. The second-order valence-electron chi connectivity index (χ2n) is 8.51. The van der Waals surface area contributed by atoms with E-state index in [1.807, 2.05) is 24.3 Å². The lowest BCUT2D eigenvalue weighted by molar-refractivity contribution is 0.0491. The number of hydrogen-bond donors (Lipinski definition) is 0. The van der Waals surface area contributed by atoms with Crippen molar-refractivity contribution in [2.45, 2.75) is 56.0 Å². The van der Waals surface area contributed by atoms with Gasteiger partial charge in [0.15, 0.2) is 11.0 Å². The Morgan fingerprint density at radius 3 is 2.77 bits per heavy atom. The van der Waals surface area contributed by atoms with Gasteiger partial charge in [0.05, 0.1) is 12.2 Å². The van der Waals surface area contributed by atoms with Crippen molar-refractivity contribution in [3.8, 4) is 11.4 Å². The van der Waals surface area contributed by atoms with Gasteiger partial charge in [-0.3, -0.25) is 4.57 Å². The second kappa shape index (κ2) is 10.5. The van der Waals surface area contributed by atoms with Gasteiger partial charge in [-0.05, 0) is 50.1 Å². The van der Waals surface area contributed by atoms with Gasteiger partial charge in [-0.25, -0.2) is 9.18 Å². The van der Waals surface area contributed by atoms with Gasteiger partial charge in [0.25, 0.3) is 0 Å². The molecule has 0 N–H and O–H groups in total.